The fourth-order valence-electron chi connectivity index (χ4n) is 3.13. The highest BCUT2D eigenvalue weighted by atomic mass is 32.2. The molecule has 0 radical (unpaired) electrons. The molecule has 0 bridgehead atoms. The second kappa shape index (κ2) is 8.22. The molecule has 33 heavy (non-hydrogen) atoms. The van der Waals surface area contributed by atoms with Gasteiger partial charge in [-0.15, -0.1) is 0 Å². The van der Waals surface area contributed by atoms with Crippen molar-refractivity contribution in [2.45, 2.75) is 11.1 Å². The van der Waals surface area contributed by atoms with E-state index in [0.29, 0.717) is 27.8 Å². The summed E-state index contributed by atoms with van der Waals surface area (Å²) in [5, 5.41) is 10.8. The number of nitrogens with zero attached hydrogens (tertiary/aromatic N) is 1. The van der Waals surface area contributed by atoms with Gasteiger partial charge in [-0.2, -0.15) is 13.2 Å². The third-order valence-electron chi connectivity index (χ3n) is 4.77. The number of aromatic nitrogens is 2. The van der Waals surface area contributed by atoms with Gasteiger partial charge in [-0.05, 0) is 48.0 Å². The van der Waals surface area contributed by atoms with Gasteiger partial charge in [0.15, 0.2) is 0 Å². The molecular formula is C21H16F3N5O3S. The number of amides is 2. The number of aromatic amines is 1. The third-order valence-corrected chi connectivity index (χ3v) is 5.69. The average molecular weight is 475 g/mol. The molecule has 2 aromatic heterocycles. The number of sulfonamides is 1. The summed E-state index contributed by atoms with van der Waals surface area (Å²) in [6.07, 6.45) is -1.36. The zero-order valence-corrected chi connectivity index (χ0v) is 17.5. The van der Waals surface area contributed by atoms with Crippen molar-refractivity contribution in [2.24, 2.45) is 5.14 Å². The Morgan fingerprint density at radius 3 is 2.24 bits per heavy atom. The fraction of sp³-hybridized carbons (Fsp3) is 0.0476. The Bertz CT molecular complexity index is 1430. The second-order valence-corrected chi connectivity index (χ2v) is 8.61. The van der Waals surface area contributed by atoms with Crippen molar-refractivity contribution < 1.29 is 26.4 Å². The van der Waals surface area contributed by atoms with Crippen LogP contribution in [0.15, 0.2) is 71.9 Å². The molecule has 2 heterocycles. The highest BCUT2D eigenvalue weighted by molar-refractivity contribution is 7.89. The van der Waals surface area contributed by atoms with Crippen LogP contribution < -0.4 is 15.8 Å². The van der Waals surface area contributed by atoms with Gasteiger partial charge in [0.1, 0.15) is 5.65 Å². The molecule has 2 aromatic carbocycles. The van der Waals surface area contributed by atoms with Crippen molar-refractivity contribution in [3.05, 3.63) is 72.6 Å². The monoisotopic (exact) mass is 475 g/mol. The summed E-state index contributed by atoms with van der Waals surface area (Å²) in [5.74, 6) is 0. The van der Waals surface area contributed by atoms with Crippen LogP contribution in [0, 0.1) is 0 Å². The lowest BCUT2D eigenvalue weighted by Gasteiger charge is -2.09. The van der Waals surface area contributed by atoms with Crippen LogP contribution in [-0.2, 0) is 16.2 Å². The van der Waals surface area contributed by atoms with Crippen LogP contribution in [0.3, 0.4) is 0 Å². The van der Waals surface area contributed by atoms with Gasteiger partial charge in [-0.25, -0.2) is 23.3 Å². The quantitative estimate of drug-likeness (QED) is 0.345. The van der Waals surface area contributed by atoms with Gasteiger partial charge in [0.05, 0.1) is 16.1 Å². The Hall–Kier alpha value is -3.90. The second-order valence-electron chi connectivity index (χ2n) is 7.05. The summed E-state index contributed by atoms with van der Waals surface area (Å²) in [4.78, 5) is 19.5. The summed E-state index contributed by atoms with van der Waals surface area (Å²) in [5.41, 5.74) is 1.59. The summed E-state index contributed by atoms with van der Waals surface area (Å²) in [6.45, 7) is 0. The molecule has 0 saturated carbocycles. The number of halogens is 3. The number of carbonyl (C=O) groups excluding carboxylic acids is 1. The number of H-pyrrole nitrogens is 1. The van der Waals surface area contributed by atoms with E-state index >= 15 is 0 Å². The van der Waals surface area contributed by atoms with E-state index < -0.39 is 27.8 Å². The maximum atomic E-state index is 12.7. The van der Waals surface area contributed by atoms with Crippen LogP contribution >= 0.6 is 0 Å². The molecule has 0 spiro atoms. The van der Waals surface area contributed by atoms with Crippen molar-refractivity contribution in [1.29, 1.82) is 0 Å². The summed E-state index contributed by atoms with van der Waals surface area (Å²) in [6, 6.07) is 11.1. The zero-order chi connectivity index (χ0) is 23.8. The van der Waals surface area contributed by atoms with Gasteiger partial charge < -0.3 is 15.6 Å². The Labute approximate surface area is 185 Å². The number of rotatable bonds is 4. The van der Waals surface area contributed by atoms with E-state index in [1.54, 1.807) is 24.4 Å². The lowest BCUT2D eigenvalue weighted by Crippen LogP contribution is -2.19. The number of nitrogens with two attached hydrogens (primary N) is 1. The van der Waals surface area contributed by atoms with E-state index in [-0.39, 0.29) is 10.6 Å². The molecule has 8 nitrogen and oxygen atoms in total. The molecule has 4 rings (SSSR count). The topological polar surface area (TPSA) is 130 Å². The summed E-state index contributed by atoms with van der Waals surface area (Å²) in [7, 11) is -3.81. The Morgan fingerprint density at radius 2 is 1.64 bits per heavy atom. The highest BCUT2D eigenvalue weighted by Crippen LogP contribution is 2.30. The van der Waals surface area contributed by atoms with Gasteiger partial charge in [0, 0.05) is 29.0 Å². The molecule has 0 unspecified atom stereocenters. The molecule has 170 valence electrons. The normalized spacial score (nSPS) is 12.0. The minimum absolute atomic E-state index is 0.0239. The van der Waals surface area contributed by atoms with Crippen molar-refractivity contribution in [1.82, 2.24) is 9.97 Å². The standard InChI is InChI=1S/C21H16F3N5O3S/c22-21(23,24)14-3-5-15(6-4-14)28-20(30)29-18-11-27-19-17(18)9-13(10-26-19)12-1-7-16(8-2-12)33(25,31)32/h1-11H,(H,26,27)(H2,25,31,32)(H2,28,29,30). The SMILES string of the molecule is NS(=O)(=O)c1ccc(-c2cnc3[nH]cc(NC(=O)Nc4ccc(C(F)(F)F)cc4)c3c2)cc1. The molecule has 0 saturated heterocycles. The van der Waals surface area contributed by atoms with Crippen LogP contribution in [0.25, 0.3) is 22.2 Å². The molecule has 0 atom stereocenters. The summed E-state index contributed by atoms with van der Waals surface area (Å²) < 4.78 is 60.9. The number of pyridine rings is 1. The van der Waals surface area contributed by atoms with Crippen LogP contribution in [0.1, 0.15) is 5.56 Å². The predicted octanol–water partition coefficient (Wildman–Crippen LogP) is 4.54. The molecule has 2 amide bonds. The van der Waals surface area contributed by atoms with Gasteiger partial charge in [-0.1, -0.05) is 12.1 Å². The molecule has 12 heteroatoms. The lowest BCUT2D eigenvalue weighted by molar-refractivity contribution is -0.137. The number of carbonyl (C=O) groups is 1. The Kier molecular flexibility index (Phi) is 5.56. The van der Waals surface area contributed by atoms with Crippen molar-refractivity contribution >= 4 is 38.5 Å². The largest absolute Gasteiger partial charge is 0.416 e. The fourth-order valence-corrected chi connectivity index (χ4v) is 3.64. The maximum Gasteiger partial charge on any atom is 0.416 e. The number of alkyl halides is 3. The van der Waals surface area contributed by atoms with E-state index in [4.69, 9.17) is 5.14 Å². The van der Waals surface area contributed by atoms with Gasteiger partial charge in [0.2, 0.25) is 10.0 Å². The maximum absolute atomic E-state index is 12.7. The van der Waals surface area contributed by atoms with E-state index in [0.717, 1.165) is 24.3 Å². The van der Waals surface area contributed by atoms with Gasteiger partial charge in [0.25, 0.3) is 0 Å². The van der Waals surface area contributed by atoms with Crippen molar-refractivity contribution in [3.63, 3.8) is 0 Å². The van der Waals surface area contributed by atoms with Crippen molar-refractivity contribution in [3.8, 4) is 11.1 Å². The first-order valence-corrected chi connectivity index (χ1v) is 10.9. The van der Waals surface area contributed by atoms with Crippen LogP contribution in [-0.4, -0.2) is 24.4 Å². The highest BCUT2D eigenvalue weighted by Gasteiger charge is 2.30. The zero-order valence-electron chi connectivity index (χ0n) is 16.6. The van der Waals surface area contributed by atoms with Gasteiger partial charge >= 0.3 is 12.2 Å². The van der Waals surface area contributed by atoms with Crippen molar-refractivity contribution in [2.75, 3.05) is 10.6 Å². The first-order chi connectivity index (χ1) is 15.5. The number of hydrogen-bond donors (Lipinski definition) is 4. The molecule has 0 aliphatic carbocycles. The van der Waals surface area contributed by atoms with Crippen LogP contribution in [0.2, 0.25) is 0 Å². The number of fused-ring (bicyclic) bond motifs is 1. The number of anilines is 2. The smallest absolute Gasteiger partial charge is 0.344 e. The molecule has 0 fully saturated rings. The first kappa shape index (κ1) is 22.3. The Balaban J connectivity index is 1.53. The summed E-state index contributed by atoms with van der Waals surface area (Å²) >= 11 is 0. The minimum atomic E-state index is -4.46. The van der Waals surface area contributed by atoms with Crippen LogP contribution in [0.4, 0.5) is 29.3 Å². The van der Waals surface area contributed by atoms with E-state index in [9.17, 15) is 26.4 Å². The molecule has 4 aromatic rings. The number of primary sulfonamides is 1. The predicted molar refractivity (Wildman–Crippen MR) is 117 cm³/mol. The van der Waals surface area contributed by atoms with Gasteiger partial charge in [-0.3, -0.25) is 0 Å². The van der Waals surface area contributed by atoms with E-state index in [1.165, 1.54) is 18.3 Å². The number of benzene rings is 2. The lowest BCUT2D eigenvalue weighted by atomic mass is 10.1. The average Bonchev–Trinajstić information content (AvgIpc) is 3.15. The minimum Gasteiger partial charge on any atom is -0.344 e. The third kappa shape index (κ3) is 4.96. The van der Waals surface area contributed by atoms with E-state index in [2.05, 4.69) is 20.6 Å². The number of urea groups is 1. The molecule has 0 aliphatic heterocycles. The van der Waals surface area contributed by atoms with E-state index in [1.807, 2.05) is 0 Å². The van der Waals surface area contributed by atoms with Crippen LogP contribution in [0.5, 0.6) is 0 Å². The number of nitrogens with one attached hydrogen (secondary N) is 3. The molecule has 0 aliphatic rings. The molecular weight excluding hydrogens is 459 g/mol. The first-order valence-electron chi connectivity index (χ1n) is 9.36. The molecule has 5 N–H and O–H groups in total. The number of hydrogen-bond acceptors (Lipinski definition) is 4. The Morgan fingerprint density at radius 1 is 0.970 bits per heavy atom.